The van der Waals surface area contributed by atoms with Crippen LogP contribution in [0, 0.1) is 5.92 Å². The minimum Gasteiger partial charge on any atom is -0.481 e. The van der Waals surface area contributed by atoms with Crippen molar-refractivity contribution in [2.45, 2.75) is 38.1 Å². The Balaban J connectivity index is 1.70. The van der Waals surface area contributed by atoms with Crippen molar-refractivity contribution >= 4 is 5.97 Å². The van der Waals surface area contributed by atoms with Gasteiger partial charge in [0.05, 0.1) is 5.92 Å². The first-order valence-electron chi connectivity index (χ1n) is 5.97. The van der Waals surface area contributed by atoms with E-state index in [4.69, 9.17) is 5.11 Å². The zero-order valence-corrected chi connectivity index (χ0v) is 9.63. The summed E-state index contributed by atoms with van der Waals surface area (Å²) < 4.78 is 4.64. The molecule has 0 saturated heterocycles. The van der Waals surface area contributed by atoms with Gasteiger partial charge in [0.1, 0.15) is 0 Å². The molecule has 6 heteroatoms. The number of nitrogens with one attached hydrogen (secondary N) is 1. The molecule has 94 valence electrons. The number of rotatable bonds is 5. The highest BCUT2D eigenvalue weighted by Crippen LogP contribution is 2.24. The van der Waals surface area contributed by atoms with Crippen LogP contribution in [-0.4, -0.2) is 33.8 Å². The average Bonchev–Trinajstić information content (AvgIpc) is 2.82. The molecule has 2 unspecified atom stereocenters. The fraction of sp³-hybridized carbons (Fsp3) is 0.727. The fourth-order valence-electron chi connectivity index (χ4n) is 2.29. The first kappa shape index (κ1) is 12.0. The van der Waals surface area contributed by atoms with Crippen LogP contribution in [0.1, 0.15) is 31.5 Å². The minimum atomic E-state index is -0.672. The van der Waals surface area contributed by atoms with Crippen molar-refractivity contribution < 1.29 is 14.4 Å². The van der Waals surface area contributed by atoms with E-state index in [1.54, 1.807) is 0 Å². The average molecular weight is 239 g/mol. The van der Waals surface area contributed by atoms with Crippen LogP contribution in [-0.2, 0) is 11.2 Å². The molecule has 1 aliphatic carbocycles. The van der Waals surface area contributed by atoms with E-state index in [1.165, 1.54) is 6.39 Å². The monoisotopic (exact) mass is 239 g/mol. The Morgan fingerprint density at radius 3 is 3.18 bits per heavy atom. The van der Waals surface area contributed by atoms with Gasteiger partial charge in [-0.15, -0.1) is 0 Å². The van der Waals surface area contributed by atoms with Gasteiger partial charge in [0.2, 0.25) is 6.39 Å². The molecule has 2 atom stereocenters. The Bertz CT molecular complexity index is 353. The Morgan fingerprint density at radius 1 is 1.59 bits per heavy atom. The zero-order valence-electron chi connectivity index (χ0n) is 9.63. The van der Waals surface area contributed by atoms with Crippen molar-refractivity contribution in [3.05, 3.63) is 12.2 Å². The molecule has 6 nitrogen and oxygen atoms in total. The van der Waals surface area contributed by atoms with Crippen molar-refractivity contribution in [3.8, 4) is 0 Å². The largest absolute Gasteiger partial charge is 0.481 e. The van der Waals surface area contributed by atoms with E-state index in [-0.39, 0.29) is 5.92 Å². The lowest BCUT2D eigenvalue weighted by Gasteiger charge is -2.27. The molecule has 1 heterocycles. The van der Waals surface area contributed by atoms with Crippen LogP contribution in [0.2, 0.25) is 0 Å². The van der Waals surface area contributed by atoms with E-state index in [1.807, 2.05) is 0 Å². The smallest absolute Gasteiger partial charge is 0.306 e. The Hall–Kier alpha value is -1.43. The third kappa shape index (κ3) is 3.52. The van der Waals surface area contributed by atoms with Crippen molar-refractivity contribution in [2.24, 2.45) is 5.92 Å². The van der Waals surface area contributed by atoms with E-state index in [0.29, 0.717) is 18.3 Å². The van der Waals surface area contributed by atoms with Gasteiger partial charge in [-0.25, -0.2) is 0 Å². The van der Waals surface area contributed by atoms with Gasteiger partial charge < -0.3 is 14.9 Å². The van der Waals surface area contributed by atoms with Crippen LogP contribution in [0.4, 0.5) is 0 Å². The predicted octanol–water partition coefficient (Wildman–Crippen LogP) is 0.845. The molecule has 0 aliphatic heterocycles. The number of hydrogen-bond donors (Lipinski definition) is 2. The van der Waals surface area contributed by atoms with Gasteiger partial charge in [-0.3, -0.25) is 4.79 Å². The second-order valence-corrected chi connectivity index (χ2v) is 4.45. The molecule has 2 rings (SSSR count). The van der Waals surface area contributed by atoms with Gasteiger partial charge in [0.15, 0.2) is 5.82 Å². The van der Waals surface area contributed by atoms with Crippen molar-refractivity contribution in [1.29, 1.82) is 0 Å². The first-order valence-corrected chi connectivity index (χ1v) is 5.97. The second-order valence-electron chi connectivity index (χ2n) is 4.45. The summed E-state index contributed by atoms with van der Waals surface area (Å²) in [5.41, 5.74) is 0. The van der Waals surface area contributed by atoms with E-state index in [0.717, 1.165) is 32.2 Å². The van der Waals surface area contributed by atoms with E-state index < -0.39 is 5.97 Å². The summed E-state index contributed by atoms with van der Waals surface area (Å²) in [5, 5.41) is 16.1. The Labute approximate surface area is 99.4 Å². The summed E-state index contributed by atoms with van der Waals surface area (Å²) in [6, 6.07) is 0.303. The van der Waals surface area contributed by atoms with Crippen molar-refractivity contribution in [3.63, 3.8) is 0 Å². The molecule has 1 aliphatic rings. The summed E-state index contributed by atoms with van der Waals surface area (Å²) >= 11 is 0. The first-order chi connectivity index (χ1) is 8.25. The third-order valence-corrected chi connectivity index (χ3v) is 3.21. The van der Waals surface area contributed by atoms with Gasteiger partial charge in [0.25, 0.3) is 0 Å². The highest BCUT2D eigenvalue weighted by atomic mass is 16.5. The van der Waals surface area contributed by atoms with E-state index in [2.05, 4.69) is 20.0 Å². The van der Waals surface area contributed by atoms with Crippen LogP contribution < -0.4 is 5.32 Å². The standard InChI is InChI=1S/C11H17N3O3/c15-11(16)8-2-1-3-9(6-8)12-5-4-10-13-7-17-14-10/h7-9,12H,1-6H2,(H,15,16). The Kier molecular flexibility index (Phi) is 4.08. The maximum absolute atomic E-state index is 10.9. The van der Waals surface area contributed by atoms with Gasteiger partial charge in [-0.05, 0) is 19.3 Å². The summed E-state index contributed by atoms with van der Waals surface area (Å²) in [5.74, 6) is -0.177. The number of nitrogens with zero attached hydrogens (tertiary/aromatic N) is 2. The maximum atomic E-state index is 10.9. The number of hydrogen-bond acceptors (Lipinski definition) is 5. The molecule has 1 fully saturated rings. The topological polar surface area (TPSA) is 88.2 Å². The molecule has 0 radical (unpaired) electrons. The second kappa shape index (κ2) is 5.77. The zero-order chi connectivity index (χ0) is 12.1. The predicted molar refractivity (Wildman–Crippen MR) is 59.4 cm³/mol. The molecular formula is C11H17N3O3. The molecule has 1 aromatic rings. The molecular weight excluding hydrogens is 222 g/mol. The molecule has 0 amide bonds. The van der Waals surface area contributed by atoms with E-state index >= 15 is 0 Å². The number of carbonyl (C=O) groups is 1. The lowest BCUT2D eigenvalue weighted by atomic mass is 9.86. The SMILES string of the molecule is O=C(O)C1CCCC(NCCc2ncon2)C1. The molecule has 17 heavy (non-hydrogen) atoms. The maximum Gasteiger partial charge on any atom is 0.306 e. The van der Waals surface area contributed by atoms with Crippen LogP contribution >= 0.6 is 0 Å². The summed E-state index contributed by atoms with van der Waals surface area (Å²) in [6.07, 6.45) is 5.59. The van der Waals surface area contributed by atoms with Crippen LogP contribution in [0.5, 0.6) is 0 Å². The van der Waals surface area contributed by atoms with Crippen molar-refractivity contribution in [2.75, 3.05) is 6.54 Å². The summed E-state index contributed by atoms with van der Waals surface area (Å²) in [4.78, 5) is 14.8. The summed E-state index contributed by atoms with van der Waals surface area (Å²) in [6.45, 7) is 0.760. The van der Waals surface area contributed by atoms with Crippen LogP contribution in [0.25, 0.3) is 0 Å². The van der Waals surface area contributed by atoms with Gasteiger partial charge in [-0.2, -0.15) is 4.98 Å². The minimum absolute atomic E-state index is 0.188. The van der Waals surface area contributed by atoms with Gasteiger partial charge >= 0.3 is 5.97 Å². The molecule has 0 spiro atoms. The normalized spacial score (nSPS) is 24.7. The molecule has 0 bridgehead atoms. The third-order valence-electron chi connectivity index (χ3n) is 3.21. The number of aliphatic carboxylic acids is 1. The highest BCUT2D eigenvalue weighted by Gasteiger charge is 2.26. The van der Waals surface area contributed by atoms with Crippen LogP contribution in [0.3, 0.4) is 0 Å². The fourth-order valence-corrected chi connectivity index (χ4v) is 2.29. The number of carboxylic acid groups (broad SMARTS) is 1. The molecule has 2 N–H and O–H groups in total. The Morgan fingerprint density at radius 2 is 2.47 bits per heavy atom. The van der Waals surface area contributed by atoms with Gasteiger partial charge in [-0.1, -0.05) is 11.6 Å². The highest BCUT2D eigenvalue weighted by molar-refractivity contribution is 5.70. The lowest BCUT2D eigenvalue weighted by molar-refractivity contribution is -0.143. The lowest BCUT2D eigenvalue weighted by Crippen LogP contribution is -2.37. The quantitative estimate of drug-likeness (QED) is 0.791. The number of aromatic nitrogens is 2. The molecule has 1 saturated carbocycles. The molecule has 1 aromatic heterocycles. The van der Waals surface area contributed by atoms with Gasteiger partial charge in [0, 0.05) is 19.0 Å². The van der Waals surface area contributed by atoms with Crippen LogP contribution in [0.15, 0.2) is 10.9 Å². The van der Waals surface area contributed by atoms with Crippen molar-refractivity contribution in [1.82, 2.24) is 15.5 Å². The molecule has 0 aromatic carbocycles. The van der Waals surface area contributed by atoms with E-state index in [9.17, 15) is 4.79 Å². The summed E-state index contributed by atoms with van der Waals surface area (Å²) in [7, 11) is 0. The number of carboxylic acids is 1.